The van der Waals surface area contributed by atoms with Crippen molar-refractivity contribution in [3.8, 4) is 0 Å². The molecule has 0 radical (unpaired) electrons. The normalized spacial score (nSPS) is 28.9. The number of carbonyl (C=O) groups is 4. The summed E-state index contributed by atoms with van der Waals surface area (Å²) in [4.78, 5) is 52.2. The van der Waals surface area contributed by atoms with Gasteiger partial charge in [-0.2, -0.15) is 0 Å². The van der Waals surface area contributed by atoms with Crippen molar-refractivity contribution in [2.75, 3.05) is 16.8 Å². The maximum absolute atomic E-state index is 13.2. The van der Waals surface area contributed by atoms with Crippen LogP contribution in [0.2, 0.25) is 10.0 Å². The molecule has 182 valence electrons. The van der Waals surface area contributed by atoms with Crippen LogP contribution in [-0.2, 0) is 19.1 Å². The summed E-state index contributed by atoms with van der Waals surface area (Å²) in [5, 5.41) is 2.46. The minimum absolute atomic E-state index is 0.0934. The van der Waals surface area contributed by atoms with Crippen molar-refractivity contribution in [1.29, 1.82) is 0 Å². The number of amides is 3. The van der Waals surface area contributed by atoms with Crippen LogP contribution < -0.4 is 10.2 Å². The van der Waals surface area contributed by atoms with Crippen LogP contribution >= 0.6 is 46.4 Å². The Morgan fingerprint density at radius 1 is 0.943 bits per heavy atom. The van der Waals surface area contributed by atoms with Gasteiger partial charge < -0.3 is 10.1 Å². The third kappa shape index (κ3) is 4.18. The molecule has 0 aromatic heterocycles. The average Bonchev–Trinajstić information content (AvgIpc) is 3.44. The number of carbonyl (C=O) groups excluding carboxylic acids is 4. The van der Waals surface area contributed by atoms with Crippen LogP contribution in [0.4, 0.5) is 11.4 Å². The fourth-order valence-corrected chi connectivity index (χ4v) is 6.55. The largest absolute Gasteiger partial charge is 0.452 e. The summed E-state index contributed by atoms with van der Waals surface area (Å²) in [6.45, 7) is -0.549. The van der Waals surface area contributed by atoms with Crippen molar-refractivity contribution in [2.24, 2.45) is 23.7 Å². The van der Waals surface area contributed by atoms with E-state index >= 15 is 0 Å². The first kappa shape index (κ1) is 24.4. The zero-order valence-corrected chi connectivity index (χ0v) is 20.9. The van der Waals surface area contributed by atoms with Crippen LogP contribution in [0, 0.1) is 23.7 Å². The highest BCUT2D eigenvalue weighted by Crippen LogP contribution is 2.59. The van der Waals surface area contributed by atoms with E-state index in [1.54, 1.807) is 18.2 Å². The molecule has 1 N–H and O–H groups in total. The topological polar surface area (TPSA) is 92.8 Å². The molecule has 1 aliphatic heterocycles. The number of nitrogens with zero attached hydrogens (tertiary/aromatic N) is 1. The molecule has 35 heavy (non-hydrogen) atoms. The summed E-state index contributed by atoms with van der Waals surface area (Å²) in [5.74, 6) is -3.28. The highest BCUT2D eigenvalue weighted by Gasteiger charge is 2.66. The first-order valence-corrected chi connectivity index (χ1v) is 12.5. The fraction of sp³-hybridized carbons (Fsp3) is 0.333. The van der Waals surface area contributed by atoms with Crippen LogP contribution in [0.5, 0.6) is 0 Å². The maximum atomic E-state index is 13.2. The van der Waals surface area contributed by atoms with Crippen LogP contribution in [0.15, 0.2) is 42.5 Å². The summed E-state index contributed by atoms with van der Waals surface area (Å²) in [6.07, 6.45) is 0.666. The Morgan fingerprint density at radius 3 is 2.23 bits per heavy atom. The third-order valence-corrected chi connectivity index (χ3v) is 8.92. The monoisotopic (exact) mass is 554 g/mol. The smallest absolute Gasteiger partial charge is 0.338 e. The zero-order chi connectivity index (χ0) is 25.0. The standard InChI is InChI=1S/C24H18Cl4N2O5/c25-15-5-4-11(7-16(15)26)29-17(31)9-35-24(34)10-2-1-3-12(6-10)30-22(32)18-13-8-14(19(18)23(30)33)21(28)20(13)27/h1-7,13-14,18-21H,8-9H2,(H,29,31)/t13-,14-,18-,19-,20-,21+/m1/s1. The van der Waals surface area contributed by atoms with Crippen molar-refractivity contribution in [1.82, 2.24) is 0 Å². The van der Waals surface area contributed by atoms with Gasteiger partial charge in [-0.05, 0) is 54.7 Å². The molecule has 2 aromatic rings. The predicted octanol–water partition coefficient (Wildman–Crippen LogP) is 4.76. The van der Waals surface area contributed by atoms with Gasteiger partial charge in [-0.1, -0.05) is 29.3 Å². The molecule has 3 aliphatic rings. The summed E-state index contributed by atoms with van der Waals surface area (Å²) in [6, 6.07) is 10.5. The lowest BCUT2D eigenvalue weighted by atomic mass is 9.80. The van der Waals surface area contributed by atoms with Gasteiger partial charge in [0.25, 0.3) is 5.91 Å². The molecule has 5 rings (SSSR count). The summed E-state index contributed by atoms with van der Waals surface area (Å²) in [7, 11) is 0. The Labute approximate surface area is 220 Å². The van der Waals surface area contributed by atoms with Gasteiger partial charge in [0.15, 0.2) is 6.61 Å². The molecule has 3 fully saturated rings. The molecule has 11 heteroatoms. The van der Waals surface area contributed by atoms with Crippen molar-refractivity contribution in [2.45, 2.75) is 17.2 Å². The number of hydrogen-bond acceptors (Lipinski definition) is 5. The minimum Gasteiger partial charge on any atom is -0.452 e. The second-order valence-corrected chi connectivity index (χ2v) is 10.6. The number of halogens is 4. The molecular formula is C24H18Cl4N2O5. The number of anilines is 2. The van der Waals surface area contributed by atoms with Crippen LogP contribution in [0.1, 0.15) is 16.8 Å². The van der Waals surface area contributed by atoms with Crippen molar-refractivity contribution in [3.05, 3.63) is 58.1 Å². The van der Waals surface area contributed by atoms with Crippen LogP contribution in [0.3, 0.4) is 0 Å². The highest BCUT2D eigenvalue weighted by atomic mass is 35.5. The van der Waals surface area contributed by atoms with Gasteiger partial charge in [0.05, 0.1) is 43.9 Å². The lowest BCUT2D eigenvalue weighted by molar-refractivity contribution is -0.123. The molecule has 1 heterocycles. The van der Waals surface area contributed by atoms with E-state index in [9.17, 15) is 19.2 Å². The van der Waals surface area contributed by atoms with Gasteiger partial charge in [0.1, 0.15) is 0 Å². The van der Waals surface area contributed by atoms with E-state index in [0.29, 0.717) is 17.1 Å². The average molecular weight is 556 g/mol. The number of hydrogen-bond donors (Lipinski definition) is 1. The van der Waals surface area contributed by atoms with E-state index in [1.165, 1.54) is 24.3 Å². The molecule has 7 nitrogen and oxygen atoms in total. The predicted molar refractivity (Wildman–Crippen MR) is 132 cm³/mol. The van der Waals surface area contributed by atoms with E-state index in [4.69, 9.17) is 51.1 Å². The summed E-state index contributed by atoms with van der Waals surface area (Å²) in [5.41, 5.74) is 0.753. The SMILES string of the molecule is O=C(COC(=O)c1cccc(N2C(=O)[C@@H]3[C@H]4C[C@@H]([C@@H](Cl)[C@H]4Cl)[C@H]3C2=O)c1)Nc1ccc(Cl)c(Cl)c1. The second-order valence-electron chi connectivity index (χ2n) is 8.82. The van der Waals surface area contributed by atoms with Gasteiger partial charge in [0, 0.05) is 5.69 Å². The number of esters is 1. The van der Waals surface area contributed by atoms with Gasteiger partial charge in [0.2, 0.25) is 11.8 Å². The molecule has 0 unspecified atom stereocenters. The maximum Gasteiger partial charge on any atom is 0.338 e. The summed E-state index contributed by atoms with van der Waals surface area (Å²) < 4.78 is 5.10. The summed E-state index contributed by atoms with van der Waals surface area (Å²) >= 11 is 24.6. The molecule has 2 aliphatic carbocycles. The first-order valence-electron chi connectivity index (χ1n) is 10.9. The Bertz CT molecular complexity index is 1220. The Hall–Kier alpha value is -2.32. The van der Waals surface area contributed by atoms with E-state index in [2.05, 4.69) is 5.32 Å². The second kappa shape index (κ2) is 9.28. The fourth-order valence-electron chi connectivity index (χ4n) is 5.36. The molecule has 2 aromatic carbocycles. The highest BCUT2D eigenvalue weighted by molar-refractivity contribution is 6.42. The molecule has 2 saturated carbocycles. The van der Waals surface area contributed by atoms with Gasteiger partial charge in [-0.25, -0.2) is 4.79 Å². The van der Waals surface area contributed by atoms with Crippen molar-refractivity contribution < 1.29 is 23.9 Å². The Kier molecular flexibility index (Phi) is 6.46. The third-order valence-electron chi connectivity index (χ3n) is 6.86. The lowest BCUT2D eigenvalue weighted by Gasteiger charge is -2.28. The molecule has 2 bridgehead atoms. The van der Waals surface area contributed by atoms with E-state index in [1.807, 2.05) is 0 Å². The quantitative estimate of drug-likeness (QED) is 0.326. The number of nitrogens with one attached hydrogen (secondary N) is 1. The zero-order valence-electron chi connectivity index (χ0n) is 17.9. The Morgan fingerprint density at radius 2 is 1.60 bits per heavy atom. The van der Waals surface area contributed by atoms with Gasteiger partial charge in [-0.15, -0.1) is 23.2 Å². The first-order chi connectivity index (χ1) is 16.7. The van der Waals surface area contributed by atoms with Crippen molar-refractivity contribution in [3.63, 3.8) is 0 Å². The van der Waals surface area contributed by atoms with E-state index in [0.717, 1.165) is 4.90 Å². The number of alkyl halides is 2. The minimum atomic E-state index is -0.780. The number of ether oxygens (including phenoxy) is 1. The lowest BCUT2D eigenvalue weighted by Crippen LogP contribution is -2.37. The number of benzene rings is 2. The molecule has 1 saturated heterocycles. The van der Waals surface area contributed by atoms with E-state index < -0.39 is 30.3 Å². The number of fused-ring (bicyclic) bond motifs is 5. The number of imide groups is 1. The molecular weight excluding hydrogens is 538 g/mol. The molecule has 6 atom stereocenters. The van der Waals surface area contributed by atoms with E-state index in [-0.39, 0.29) is 50.7 Å². The molecule has 0 spiro atoms. The van der Waals surface area contributed by atoms with Crippen LogP contribution in [-0.4, -0.2) is 41.1 Å². The van der Waals surface area contributed by atoms with Gasteiger partial charge in [-0.3, -0.25) is 19.3 Å². The number of rotatable bonds is 5. The van der Waals surface area contributed by atoms with Crippen LogP contribution in [0.25, 0.3) is 0 Å². The molecule has 3 amide bonds. The van der Waals surface area contributed by atoms with Gasteiger partial charge >= 0.3 is 5.97 Å². The van der Waals surface area contributed by atoms with Crippen molar-refractivity contribution >= 4 is 81.5 Å². The Balaban J connectivity index is 1.26.